The van der Waals surface area contributed by atoms with Gasteiger partial charge in [-0.05, 0) is 24.3 Å². The van der Waals surface area contributed by atoms with Gasteiger partial charge in [-0.15, -0.1) is 10.2 Å². The van der Waals surface area contributed by atoms with E-state index in [0.29, 0.717) is 11.0 Å². The fourth-order valence-corrected chi connectivity index (χ4v) is 4.93. The standard InChI is InChI=1S/C20H13ClF2N8O3S/c1-34-19-14(5-10(21)7-25-19)35(32,33)30-13-3-2-12(22)15(16(13)23)11-4-9-6-26-20(24)28-17(9)31-8-27-29-18(11)31/h2-8,30H,1H3,(H2,24,26,28). The Hall–Kier alpha value is -4.17. The molecular weight excluding hydrogens is 506 g/mol. The van der Waals surface area contributed by atoms with Crippen molar-refractivity contribution in [3.63, 3.8) is 0 Å². The van der Waals surface area contributed by atoms with E-state index in [-0.39, 0.29) is 28.1 Å². The van der Waals surface area contributed by atoms with Crippen LogP contribution in [0.1, 0.15) is 0 Å². The summed E-state index contributed by atoms with van der Waals surface area (Å²) >= 11 is 5.88. The van der Waals surface area contributed by atoms with Gasteiger partial charge in [-0.3, -0.25) is 9.12 Å². The Morgan fingerprint density at radius 1 is 1.14 bits per heavy atom. The number of halogens is 3. The second-order valence-electron chi connectivity index (χ2n) is 7.14. The zero-order valence-corrected chi connectivity index (χ0v) is 19.1. The Bertz CT molecular complexity index is 1750. The summed E-state index contributed by atoms with van der Waals surface area (Å²) in [6.45, 7) is 0. The minimum Gasteiger partial charge on any atom is -0.480 e. The van der Waals surface area contributed by atoms with E-state index in [4.69, 9.17) is 22.1 Å². The molecule has 0 fully saturated rings. The van der Waals surface area contributed by atoms with Crippen LogP contribution in [0, 0.1) is 11.6 Å². The third kappa shape index (κ3) is 3.81. The van der Waals surface area contributed by atoms with Crippen LogP contribution in [-0.4, -0.2) is 45.1 Å². The van der Waals surface area contributed by atoms with Gasteiger partial charge < -0.3 is 10.5 Å². The SMILES string of the molecule is COc1ncc(Cl)cc1S(=O)(=O)Nc1ccc(F)c(-c2cc3cnc(N)nc3n3cnnc23)c1F. The Labute approximate surface area is 200 Å². The summed E-state index contributed by atoms with van der Waals surface area (Å²) in [5.74, 6) is -2.43. The third-order valence-corrected chi connectivity index (χ3v) is 6.57. The molecule has 178 valence electrons. The van der Waals surface area contributed by atoms with E-state index in [1.54, 1.807) is 0 Å². The van der Waals surface area contributed by atoms with E-state index >= 15 is 4.39 Å². The molecule has 5 rings (SSSR count). The molecule has 15 heteroatoms. The molecule has 0 unspecified atom stereocenters. The average Bonchev–Trinajstić information content (AvgIpc) is 3.32. The molecule has 0 bridgehead atoms. The Morgan fingerprint density at radius 3 is 2.71 bits per heavy atom. The van der Waals surface area contributed by atoms with E-state index in [2.05, 4.69) is 29.9 Å². The van der Waals surface area contributed by atoms with Crippen LogP contribution in [0.5, 0.6) is 5.88 Å². The van der Waals surface area contributed by atoms with Crippen molar-refractivity contribution in [2.45, 2.75) is 4.90 Å². The van der Waals surface area contributed by atoms with Gasteiger partial charge in [0, 0.05) is 23.3 Å². The molecule has 0 saturated carbocycles. The summed E-state index contributed by atoms with van der Waals surface area (Å²) in [6.07, 6.45) is 3.87. The molecule has 11 nitrogen and oxygen atoms in total. The second kappa shape index (κ2) is 8.25. The first-order valence-electron chi connectivity index (χ1n) is 9.65. The molecule has 0 spiro atoms. The number of nitrogens with zero attached hydrogens (tertiary/aromatic N) is 6. The third-order valence-electron chi connectivity index (χ3n) is 5.00. The van der Waals surface area contributed by atoms with Gasteiger partial charge in [0.05, 0.1) is 23.4 Å². The Morgan fingerprint density at radius 2 is 1.94 bits per heavy atom. The number of benzene rings is 1. The minimum absolute atomic E-state index is 0.0126. The van der Waals surface area contributed by atoms with E-state index in [0.717, 1.165) is 18.2 Å². The number of anilines is 2. The smallest absolute Gasteiger partial charge is 0.267 e. The van der Waals surface area contributed by atoms with Gasteiger partial charge in [-0.25, -0.2) is 27.2 Å². The number of nitrogens with two attached hydrogens (primary N) is 1. The van der Waals surface area contributed by atoms with Crippen molar-refractivity contribution < 1.29 is 21.9 Å². The van der Waals surface area contributed by atoms with Crippen LogP contribution in [0.25, 0.3) is 27.8 Å². The maximum Gasteiger partial charge on any atom is 0.267 e. The van der Waals surface area contributed by atoms with Crippen molar-refractivity contribution in [1.82, 2.24) is 29.5 Å². The summed E-state index contributed by atoms with van der Waals surface area (Å²) in [7, 11) is -3.22. The van der Waals surface area contributed by atoms with Gasteiger partial charge in [-0.1, -0.05) is 11.6 Å². The summed E-state index contributed by atoms with van der Waals surface area (Å²) in [4.78, 5) is 11.4. The molecule has 35 heavy (non-hydrogen) atoms. The lowest BCUT2D eigenvalue weighted by Gasteiger charge is -2.14. The topological polar surface area (TPSA) is 150 Å². The van der Waals surface area contributed by atoms with Crippen molar-refractivity contribution in [2.75, 3.05) is 17.6 Å². The number of ether oxygens (including phenoxy) is 1. The summed E-state index contributed by atoms with van der Waals surface area (Å²) in [6, 6.07) is 4.36. The molecule has 0 aliphatic heterocycles. The van der Waals surface area contributed by atoms with Crippen molar-refractivity contribution in [3.8, 4) is 17.0 Å². The molecule has 1 aromatic carbocycles. The fourth-order valence-electron chi connectivity index (χ4n) is 3.50. The molecule has 0 atom stereocenters. The van der Waals surface area contributed by atoms with Crippen LogP contribution in [0.15, 0.2) is 47.9 Å². The number of sulfonamides is 1. The summed E-state index contributed by atoms with van der Waals surface area (Å²) in [5.41, 5.74) is 4.95. The molecule has 0 amide bonds. The maximum atomic E-state index is 15.7. The molecule has 5 aromatic rings. The minimum atomic E-state index is -4.44. The first kappa shape index (κ1) is 22.6. The molecule has 0 saturated heterocycles. The van der Waals surface area contributed by atoms with E-state index in [1.807, 2.05) is 0 Å². The Balaban J connectivity index is 1.68. The van der Waals surface area contributed by atoms with Crippen molar-refractivity contribution in [2.24, 2.45) is 0 Å². The normalized spacial score (nSPS) is 11.8. The lowest BCUT2D eigenvalue weighted by molar-refractivity contribution is 0.385. The van der Waals surface area contributed by atoms with Gasteiger partial charge in [0.25, 0.3) is 10.0 Å². The monoisotopic (exact) mass is 518 g/mol. The van der Waals surface area contributed by atoms with Crippen LogP contribution in [-0.2, 0) is 10.0 Å². The molecule has 4 heterocycles. The van der Waals surface area contributed by atoms with Crippen molar-refractivity contribution in [1.29, 1.82) is 0 Å². The molecular formula is C20H13ClF2N8O3S. The number of nitrogens with one attached hydrogen (secondary N) is 1. The van der Waals surface area contributed by atoms with Gasteiger partial charge in [-0.2, -0.15) is 4.98 Å². The zero-order valence-electron chi connectivity index (χ0n) is 17.6. The van der Waals surface area contributed by atoms with E-state index in [9.17, 15) is 12.8 Å². The quantitative estimate of drug-likeness (QED) is 0.357. The summed E-state index contributed by atoms with van der Waals surface area (Å²) in [5, 5.41) is 8.14. The Kier molecular flexibility index (Phi) is 5.33. The van der Waals surface area contributed by atoms with Gasteiger partial charge in [0.2, 0.25) is 11.8 Å². The number of pyridine rings is 2. The molecule has 4 aromatic heterocycles. The van der Waals surface area contributed by atoms with Crippen LogP contribution in [0.3, 0.4) is 0 Å². The lowest BCUT2D eigenvalue weighted by atomic mass is 10.0. The number of rotatable bonds is 5. The molecule has 0 aliphatic rings. The van der Waals surface area contributed by atoms with E-state index < -0.39 is 37.8 Å². The van der Waals surface area contributed by atoms with Gasteiger partial charge in [0.1, 0.15) is 12.1 Å². The van der Waals surface area contributed by atoms with Crippen LogP contribution in [0.2, 0.25) is 5.02 Å². The first-order chi connectivity index (χ1) is 16.7. The fraction of sp³-hybridized carbons (Fsp3) is 0.0500. The first-order valence-corrected chi connectivity index (χ1v) is 11.5. The average molecular weight is 519 g/mol. The van der Waals surface area contributed by atoms with Crippen molar-refractivity contribution >= 4 is 49.9 Å². The highest BCUT2D eigenvalue weighted by atomic mass is 35.5. The highest BCUT2D eigenvalue weighted by Crippen LogP contribution is 2.36. The number of aromatic nitrogens is 6. The summed E-state index contributed by atoms with van der Waals surface area (Å²) < 4.78 is 65.1. The van der Waals surface area contributed by atoms with Crippen LogP contribution in [0.4, 0.5) is 20.4 Å². The second-order valence-corrected chi connectivity index (χ2v) is 9.23. The maximum absolute atomic E-state index is 15.7. The van der Waals surface area contributed by atoms with Gasteiger partial charge in [0.15, 0.2) is 22.0 Å². The van der Waals surface area contributed by atoms with Crippen LogP contribution < -0.4 is 15.2 Å². The number of fused-ring (bicyclic) bond motifs is 3. The van der Waals surface area contributed by atoms with Crippen molar-refractivity contribution in [3.05, 3.63) is 59.6 Å². The zero-order chi connectivity index (χ0) is 24.9. The predicted octanol–water partition coefficient (Wildman–Crippen LogP) is 3.06. The number of nitrogen functional groups attached to an aromatic ring is 1. The highest BCUT2D eigenvalue weighted by Gasteiger charge is 2.26. The predicted molar refractivity (Wildman–Crippen MR) is 122 cm³/mol. The number of hydrogen-bond donors (Lipinski definition) is 2. The van der Waals surface area contributed by atoms with Gasteiger partial charge >= 0.3 is 0 Å². The molecule has 0 aliphatic carbocycles. The number of hydrogen-bond acceptors (Lipinski definition) is 9. The lowest BCUT2D eigenvalue weighted by Crippen LogP contribution is -2.16. The van der Waals surface area contributed by atoms with E-state index in [1.165, 1.54) is 36.3 Å². The largest absolute Gasteiger partial charge is 0.480 e. The molecule has 0 radical (unpaired) electrons. The van der Waals surface area contributed by atoms with Crippen LogP contribution >= 0.6 is 11.6 Å². The molecule has 3 N–H and O–H groups in total. The highest BCUT2D eigenvalue weighted by molar-refractivity contribution is 7.92. The number of methoxy groups -OCH3 is 1.